The van der Waals surface area contributed by atoms with E-state index < -0.39 is 0 Å². The second kappa shape index (κ2) is 17.1. The number of nitrogens with zero attached hydrogens (tertiary/aromatic N) is 2. The van der Waals surface area contributed by atoms with Crippen LogP contribution >= 0.6 is 11.3 Å². The molecule has 0 aliphatic carbocycles. The number of para-hydroxylation sites is 1. The topological polar surface area (TPSA) is 17.3 Å². The molecule has 2 aromatic heterocycles. The molecule has 282 valence electrons. The third-order valence-corrected chi connectivity index (χ3v) is 12.0. The van der Waals surface area contributed by atoms with Crippen molar-refractivity contribution in [1.82, 2.24) is 4.57 Å². The van der Waals surface area contributed by atoms with E-state index in [1.54, 1.807) is 11.3 Å². The number of aromatic nitrogens is 1. The van der Waals surface area contributed by atoms with Crippen LogP contribution in [0.3, 0.4) is 0 Å². The quantitative estimate of drug-likeness (QED) is 0.150. The standard InChI is InChI=1S/C45H30N2S.C8H10.C2H6/c1-29-37-17-11-18-38(45(37)48-44(29)43(46-2)31-14-7-4-8-15-31)35-21-20-33-27-36(24-22-32(33)26-35)47-41-19-10-9-16-39(41)40-28-34(23-25-42(40)47)30-12-5-3-6-13-30;1-2-8-6-4-3-5-7-8;1-2/h3-28H,1-2H2;3-7H,2H2,1H3;1-2H3/b44-43+;;. The normalized spacial score (nSPS) is 11.5. The Balaban J connectivity index is 0.000000417. The van der Waals surface area contributed by atoms with E-state index in [4.69, 9.17) is 0 Å². The van der Waals surface area contributed by atoms with Crippen LogP contribution in [-0.4, -0.2) is 11.3 Å². The fraction of sp³-hybridized carbons (Fsp3) is 0.0727. The van der Waals surface area contributed by atoms with Gasteiger partial charge in [-0.2, -0.15) is 0 Å². The van der Waals surface area contributed by atoms with Gasteiger partial charge in [-0.3, -0.25) is 4.99 Å². The van der Waals surface area contributed by atoms with Gasteiger partial charge in [0, 0.05) is 32.1 Å². The third kappa shape index (κ3) is 7.29. The molecule has 0 N–H and O–H groups in total. The summed E-state index contributed by atoms with van der Waals surface area (Å²) in [6.45, 7) is 14.6. The summed E-state index contributed by atoms with van der Waals surface area (Å²) in [5.41, 5.74) is 11.7. The summed E-state index contributed by atoms with van der Waals surface area (Å²) in [6, 6.07) is 67.0. The lowest BCUT2D eigenvalue weighted by atomic mass is 9.99. The zero-order valence-electron chi connectivity index (χ0n) is 33.3. The molecule has 0 unspecified atom stereocenters. The first-order valence-electron chi connectivity index (χ1n) is 20.1. The van der Waals surface area contributed by atoms with Crippen LogP contribution in [0.25, 0.3) is 82.9 Å². The number of aryl methyl sites for hydroxylation is 1. The molecule has 0 atom stereocenters. The van der Waals surface area contributed by atoms with Gasteiger partial charge in [0.15, 0.2) is 0 Å². The number of hydrogen-bond acceptors (Lipinski definition) is 2. The SMILES string of the molecule is C=N/C(c1ccccc1)=c1/sc2c(-c3ccc4cc(-n5c6ccccc6c6cc(-c7ccccc7)ccc65)ccc4c3)cccc2c1=C.CC.CCc1ccccc1. The molecule has 0 saturated heterocycles. The molecule has 0 amide bonds. The minimum Gasteiger partial charge on any atom is -0.309 e. The molecule has 58 heavy (non-hydrogen) atoms. The van der Waals surface area contributed by atoms with Gasteiger partial charge >= 0.3 is 0 Å². The Morgan fingerprint density at radius 2 is 1.17 bits per heavy atom. The Hall–Kier alpha value is -6.81. The number of rotatable bonds is 6. The summed E-state index contributed by atoms with van der Waals surface area (Å²) in [5.74, 6) is 0. The van der Waals surface area contributed by atoms with Gasteiger partial charge in [0.1, 0.15) is 0 Å². The van der Waals surface area contributed by atoms with Crippen molar-refractivity contribution in [1.29, 1.82) is 0 Å². The number of hydrogen-bond donors (Lipinski definition) is 0. The number of thiophene rings is 1. The monoisotopic (exact) mass is 766 g/mol. The maximum Gasteiger partial charge on any atom is 0.0873 e. The molecule has 0 saturated carbocycles. The molecule has 0 aliphatic rings. The van der Waals surface area contributed by atoms with E-state index in [2.05, 4.69) is 194 Å². The van der Waals surface area contributed by atoms with Crippen molar-refractivity contribution < 1.29 is 0 Å². The zero-order chi connectivity index (χ0) is 40.0. The lowest BCUT2D eigenvalue weighted by Gasteiger charge is -2.11. The Morgan fingerprint density at radius 3 is 1.90 bits per heavy atom. The average molecular weight is 767 g/mol. The third-order valence-electron chi connectivity index (χ3n) is 10.7. The molecule has 2 nitrogen and oxygen atoms in total. The van der Waals surface area contributed by atoms with Gasteiger partial charge in [0.25, 0.3) is 0 Å². The van der Waals surface area contributed by atoms with Crippen molar-refractivity contribution in [3.05, 3.63) is 209 Å². The zero-order valence-corrected chi connectivity index (χ0v) is 34.1. The van der Waals surface area contributed by atoms with Crippen LogP contribution in [0.4, 0.5) is 0 Å². The van der Waals surface area contributed by atoms with Crippen LogP contribution < -0.4 is 9.75 Å². The van der Waals surface area contributed by atoms with E-state index >= 15 is 0 Å². The maximum atomic E-state index is 4.48. The lowest BCUT2D eigenvalue weighted by molar-refractivity contribution is 1.14. The summed E-state index contributed by atoms with van der Waals surface area (Å²) in [5, 5.41) is 7.08. The minimum atomic E-state index is 0.875. The molecule has 3 heteroatoms. The Kier molecular flexibility index (Phi) is 11.2. The molecular weight excluding hydrogens is 721 g/mol. The predicted molar refractivity (Wildman–Crippen MR) is 255 cm³/mol. The van der Waals surface area contributed by atoms with E-state index in [1.165, 1.54) is 65.1 Å². The van der Waals surface area contributed by atoms with Crippen molar-refractivity contribution in [2.24, 2.45) is 4.99 Å². The summed E-state index contributed by atoms with van der Waals surface area (Å²) < 4.78 is 4.67. The van der Waals surface area contributed by atoms with Crippen LogP contribution in [0, 0.1) is 0 Å². The van der Waals surface area contributed by atoms with E-state index in [0.29, 0.717) is 0 Å². The summed E-state index contributed by atoms with van der Waals surface area (Å²) in [4.78, 5) is 4.45. The number of aliphatic imine (C=N–C) groups is 1. The first-order valence-corrected chi connectivity index (χ1v) is 20.9. The molecule has 0 spiro atoms. The van der Waals surface area contributed by atoms with Gasteiger partial charge in [-0.1, -0.05) is 179 Å². The highest BCUT2D eigenvalue weighted by atomic mass is 32.1. The van der Waals surface area contributed by atoms with Gasteiger partial charge in [0.05, 0.1) is 21.3 Å². The van der Waals surface area contributed by atoms with E-state index in [9.17, 15) is 0 Å². The van der Waals surface area contributed by atoms with Crippen LogP contribution in [0.15, 0.2) is 193 Å². The molecule has 8 aromatic carbocycles. The van der Waals surface area contributed by atoms with Crippen molar-refractivity contribution in [3.8, 4) is 27.9 Å². The smallest absolute Gasteiger partial charge is 0.0873 e. The van der Waals surface area contributed by atoms with E-state index in [-0.39, 0.29) is 0 Å². The van der Waals surface area contributed by atoms with Crippen molar-refractivity contribution >= 4 is 73.0 Å². The van der Waals surface area contributed by atoms with Crippen LogP contribution in [0.1, 0.15) is 31.9 Å². The van der Waals surface area contributed by atoms with Crippen LogP contribution in [0.5, 0.6) is 0 Å². The molecule has 2 heterocycles. The van der Waals surface area contributed by atoms with E-state index in [0.717, 1.165) is 38.5 Å². The van der Waals surface area contributed by atoms with Crippen LogP contribution in [0.2, 0.25) is 0 Å². The molecule has 10 rings (SSSR count). The maximum absolute atomic E-state index is 4.48. The van der Waals surface area contributed by atoms with Crippen molar-refractivity contribution in [3.63, 3.8) is 0 Å². The fourth-order valence-corrected chi connectivity index (χ4v) is 9.11. The second-order valence-electron chi connectivity index (χ2n) is 14.0. The molecule has 0 aliphatic heterocycles. The second-order valence-corrected chi connectivity index (χ2v) is 15.0. The highest BCUT2D eigenvalue weighted by Gasteiger charge is 2.15. The highest BCUT2D eigenvalue weighted by Crippen LogP contribution is 2.37. The highest BCUT2D eigenvalue weighted by molar-refractivity contribution is 7.17. The Morgan fingerprint density at radius 1 is 0.552 bits per heavy atom. The summed E-state index contributed by atoms with van der Waals surface area (Å²) in [7, 11) is 0. The molecular formula is C55H46N2S. The first kappa shape index (κ1) is 38.1. The summed E-state index contributed by atoms with van der Waals surface area (Å²) in [6.07, 6.45) is 1.14. The number of fused-ring (bicyclic) bond motifs is 5. The molecule has 0 fully saturated rings. The Labute approximate surface area is 345 Å². The molecule has 10 aromatic rings. The average Bonchev–Trinajstić information content (AvgIpc) is 3.82. The van der Waals surface area contributed by atoms with Gasteiger partial charge in [-0.05, 0) is 93.3 Å². The van der Waals surface area contributed by atoms with Gasteiger partial charge in [0.2, 0.25) is 0 Å². The molecule has 0 radical (unpaired) electrons. The lowest BCUT2D eigenvalue weighted by Crippen LogP contribution is -2.19. The summed E-state index contributed by atoms with van der Waals surface area (Å²) >= 11 is 1.74. The Bertz CT molecular complexity index is 3140. The van der Waals surface area contributed by atoms with Gasteiger partial charge in [-0.25, -0.2) is 0 Å². The first-order chi connectivity index (χ1) is 28.6. The van der Waals surface area contributed by atoms with Gasteiger partial charge in [-0.15, -0.1) is 11.3 Å². The number of benzene rings is 8. The minimum absolute atomic E-state index is 0.875. The van der Waals surface area contributed by atoms with Crippen molar-refractivity contribution in [2.75, 3.05) is 0 Å². The van der Waals surface area contributed by atoms with E-state index in [1.807, 2.05) is 38.1 Å². The molecule has 0 bridgehead atoms. The van der Waals surface area contributed by atoms with Gasteiger partial charge < -0.3 is 4.57 Å². The largest absolute Gasteiger partial charge is 0.309 e. The fourth-order valence-electron chi connectivity index (χ4n) is 7.79. The predicted octanol–water partition coefficient (Wildman–Crippen LogP) is 14.0. The van der Waals surface area contributed by atoms with Crippen molar-refractivity contribution in [2.45, 2.75) is 27.2 Å². The van der Waals surface area contributed by atoms with Crippen LogP contribution in [-0.2, 0) is 6.42 Å².